The minimum atomic E-state index is -0.0130. The summed E-state index contributed by atoms with van der Waals surface area (Å²) in [4.78, 5) is 0. The Bertz CT molecular complexity index is 600. The highest BCUT2D eigenvalue weighted by Crippen LogP contribution is 2.40. The van der Waals surface area contributed by atoms with Crippen LogP contribution in [0, 0.1) is 0 Å². The lowest BCUT2D eigenvalue weighted by Gasteiger charge is -2.30. The van der Waals surface area contributed by atoms with Crippen molar-refractivity contribution in [3.8, 4) is 5.75 Å². The van der Waals surface area contributed by atoms with Gasteiger partial charge < -0.3 is 10.5 Å². The van der Waals surface area contributed by atoms with Crippen molar-refractivity contribution in [1.82, 2.24) is 0 Å². The van der Waals surface area contributed by atoms with Gasteiger partial charge in [0.25, 0.3) is 0 Å². The normalized spacial score (nSPS) is 21.6. The van der Waals surface area contributed by atoms with Crippen LogP contribution in [-0.2, 0) is 0 Å². The Morgan fingerprint density at radius 1 is 1.16 bits per heavy atom. The summed E-state index contributed by atoms with van der Waals surface area (Å²) in [5, 5.41) is 0.730. The van der Waals surface area contributed by atoms with Gasteiger partial charge in [-0.1, -0.05) is 39.7 Å². The van der Waals surface area contributed by atoms with Crippen molar-refractivity contribution in [3.63, 3.8) is 0 Å². The molecule has 0 spiro atoms. The molecule has 1 aliphatic rings. The Kier molecular flexibility index (Phi) is 3.52. The minimum absolute atomic E-state index is 0.0121. The van der Waals surface area contributed by atoms with Crippen LogP contribution >= 0.6 is 27.5 Å². The molecule has 0 aliphatic carbocycles. The highest BCUT2D eigenvalue weighted by atomic mass is 79.9. The summed E-state index contributed by atoms with van der Waals surface area (Å²) in [5.74, 6) is 0.863. The standard InChI is InChI=1S/C15H13BrClNO/c16-10-3-6-14-12(7-10)13(18)8-15(19-14)9-1-4-11(17)5-2-9/h1-7,13,15H,8,18H2/t13-,15?/m1/s1. The lowest BCUT2D eigenvalue weighted by molar-refractivity contribution is 0.161. The van der Waals surface area contributed by atoms with Crippen molar-refractivity contribution in [2.24, 2.45) is 5.73 Å². The molecule has 2 nitrogen and oxygen atoms in total. The molecule has 3 rings (SSSR count). The first-order valence-corrected chi connectivity index (χ1v) is 7.28. The fourth-order valence-electron chi connectivity index (χ4n) is 2.36. The molecular weight excluding hydrogens is 326 g/mol. The SMILES string of the molecule is N[C@@H]1CC(c2ccc(Cl)cc2)Oc2ccc(Br)cc21. The number of hydrogen-bond acceptors (Lipinski definition) is 2. The van der Waals surface area contributed by atoms with E-state index in [9.17, 15) is 0 Å². The van der Waals surface area contributed by atoms with Crippen LogP contribution in [0.15, 0.2) is 46.9 Å². The molecule has 2 atom stereocenters. The molecule has 1 heterocycles. The largest absolute Gasteiger partial charge is 0.485 e. The summed E-state index contributed by atoms with van der Waals surface area (Å²) >= 11 is 9.37. The van der Waals surface area contributed by atoms with Crippen LogP contribution in [0.1, 0.15) is 29.7 Å². The summed E-state index contributed by atoms with van der Waals surface area (Å²) in [6.45, 7) is 0. The summed E-state index contributed by atoms with van der Waals surface area (Å²) in [6.07, 6.45) is 0.756. The van der Waals surface area contributed by atoms with Crippen LogP contribution < -0.4 is 10.5 Å². The Morgan fingerprint density at radius 3 is 2.63 bits per heavy atom. The fourth-order valence-corrected chi connectivity index (χ4v) is 2.86. The first-order valence-electron chi connectivity index (χ1n) is 6.10. The molecule has 0 radical (unpaired) electrons. The van der Waals surface area contributed by atoms with Crippen molar-refractivity contribution in [2.75, 3.05) is 0 Å². The zero-order valence-corrected chi connectivity index (χ0v) is 12.5. The fraction of sp³-hybridized carbons (Fsp3) is 0.200. The third-order valence-electron chi connectivity index (χ3n) is 3.35. The van der Waals surface area contributed by atoms with E-state index in [2.05, 4.69) is 15.9 Å². The molecule has 0 saturated carbocycles. The molecule has 0 bridgehead atoms. The molecule has 2 aromatic rings. The van der Waals surface area contributed by atoms with Crippen LogP contribution in [-0.4, -0.2) is 0 Å². The van der Waals surface area contributed by atoms with Gasteiger partial charge >= 0.3 is 0 Å². The second kappa shape index (κ2) is 5.16. The minimum Gasteiger partial charge on any atom is -0.485 e. The van der Waals surface area contributed by atoms with E-state index in [4.69, 9.17) is 22.1 Å². The second-order valence-corrected chi connectivity index (χ2v) is 6.03. The highest BCUT2D eigenvalue weighted by Gasteiger charge is 2.27. The van der Waals surface area contributed by atoms with Crippen molar-refractivity contribution in [3.05, 3.63) is 63.1 Å². The average Bonchev–Trinajstić information content (AvgIpc) is 2.40. The highest BCUT2D eigenvalue weighted by molar-refractivity contribution is 9.10. The van der Waals surface area contributed by atoms with E-state index < -0.39 is 0 Å². The van der Waals surface area contributed by atoms with Gasteiger partial charge in [-0.15, -0.1) is 0 Å². The van der Waals surface area contributed by atoms with Crippen LogP contribution in [0.25, 0.3) is 0 Å². The van der Waals surface area contributed by atoms with Gasteiger partial charge in [0, 0.05) is 27.5 Å². The number of nitrogens with two attached hydrogens (primary N) is 1. The molecule has 0 aromatic heterocycles. The van der Waals surface area contributed by atoms with Gasteiger partial charge in [0.15, 0.2) is 0 Å². The molecule has 2 aromatic carbocycles. The van der Waals surface area contributed by atoms with E-state index in [1.165, 1.54) is 0 Å². The number of halogens is 2. The Hall–Kier alpha value is -1.03. The maximum atomic E-state index is 6.25. The van der Waals surface area contributed by atoms with Gasteiger partial charge in [0.05, 0.1) is 0 Å². The van der Waals surface area contributed by atoms with Crippen LogP contribution in [0.2, 0.25) is 5.02 Å². The number of hydrogen-bond donors (Lipinski definition) is 1. The van der Waals surface area contributed by atoms with Crippen LogP contribution in [0.5, 0.6) is 5.75 Å². The van der Waals surface area contributed by atoms with Gasteiger partial charge in [-0.05, 0) is 35.9 Å². The van der Waals surface area contributed by atoms with Gasteiger partial charge in [0.1, 0.15) is 11.9 Å². The van der Waals surface area contributed by atoms with E-state index >= 15 is 0 Å². The summed E-state index contributed by atoms with van der Waals surface area (Å²) in [6, 6.07) is 13.7. The van der Waals surface area contributed by atoms with Crippen molar-refractivity contribution >= 4 is 27.5 Å². The molecule has 0 saturated heterocycles. The van der Waals surface area contributed by atoms with E-state index in [-0.39, 0.29) is 12.1 Å². The van der Waals surface area contributed by atoms with Crippen LogP contribution in [0.3, 0.4) is 0 Å². The molecular formula is C15H13BrClNO. The van der Waals surface area contributed by atoms with Gasteiger partial charge in [-0.2, -0.15) is 0 Å². The maximum absolute atomic E-state index is 6.25. The third-order valence-corrected chi connectivity index (χ3v) is 4.10. The average molecular weight is 339 g/mol. The van der Waals surface area contributed by atoms with Crippen molar-refractivity contribution < 1.29 is 4.74 Å². The molecule has 1 aliphatic heterocycles. The number of benzene rings is 2. The number of rotatable bonds is 1. The smallest absolute Gasteiger partial charge is 0.126 e. The molecule has 1 unspecified atom stereocenters. The Labute approximate surface area is 125 Å². The number of fused-ring (bicyclic) bond motifs is 1. The summed E-state index contributed by atoms with van der Waals surface area (Å²) in [5.41, 5.74) is 8.41. The summed E-state index contributed by atoms with van der Waals surface area (Å²) in [7, 11) is 0. The van der Waals surface area contributed by atoms with E-state index in [0.29, 0.717) is 0 Å². The quantitative estimate of drug-likeness (QED) is 0.823. The first kappa shape index (κ1) is 13.0. The summed E-state index contributed by atoms with van der Waals surface area (Å²) < 4.78 is 7.06. The predicted molar refractivity (Wildman–Crippen MR) is 80.5 cm³/mol. The van der Waals surface area contributed by atoms with Crippen molar-refractivity contribution in [2.45, 2.75) is 18.6 Å². The number of ether oxygens (including phenoxy) is 1. The topological polar surface area (TPSA) is 35.2 Å². The molecule has 19 heavy (non-hydrogen) atoms. The second-order valence-electron chi connectivity index (χ2n) is 4.68. The van der Waals surface area contributed by atoms with E-state index in [0.717, 1.165) is 32.8 Å². The van der Waals surface area contributed by atoms with Crippen LogP contribution in [0.4, 0.5) is 0 Å². The monoisotopic (exact) mass is 337 g/mol. The molecule has 0 amide bonds. The predicted octanol–water partition coefficient (Wildman–Crippen LogP) is 4.63. The Morgan fingerprint density at radius 2 is 1.89 bits per heavy atom. The molecule has 2 N–H and O–H groups in total. The molecule has 0 fully saturated rings. The first-order chi connectivity index (χ1) is 9.13. The maximum Gasteiger partial charge on any atom is 0.126 e. The lowest BCUT2D eigenvalue weighted by atomic mass is 9.94. The zero-order valence-electron chi connectivity index (χ0n) is 10.1. The zero-order chi connectivity index (χ0) is 13.4. The molecule has 98 valence electrons. The van der Waals surface area contributed by atoms with Gasteiger partial charge in [-0.3, -0.25) is 0 Å². The van der Waals surface area contributed by atoms with Gasteiger partial charge in [0.2, 0.25) is 0 Å². The van der Waals surface area contributed by atoms with E-state index in [1.54, 1.807) is 0 Å². The van der Waals surface area contributed by atoms with Crippen molar-refractivity contribution in [1.29, 1.82) is 0 Å². The van der Waals surface area contributed by atoms with E-state index in [1.807, 2.05) is 42.5 Å². The third kappa shape index (κ3) is 2.64. The lowest BCUT2D eigenvalue weighted by Crippen LogP contribution is -2.24. The van der Waals surface area contributed by atoms with Gasteiger partial charge in [-0.25, -0.2) is 0 Å². The molecule has 4 heteroatoms. The Balaban J connectivity index is 1.92.